The SMILES string of the molecule is CC(=O)NCc1cccc(C2CCN(C(=O)c3cccc(-c4cccc(B(O)O)c4)c3)CC2)c1. The summed E-state index contributed by atoms with van der Waals surface area (Å²) in [5, 5.41) is 21.7. The zero-order valence-electron chi connectivity index (χ0n) is 19.3. The summed E-state index contributed by atoms with van der Waals surface area (Å²) in [5.41, 5.74) is 5.07. The van der Waals surface area contributed by atoms with Gasteiger partial charge in [0.1, 0.15) is 0 Å². The van der Waals surface area contributed by atoms with Crippen molar-refractivity contribution in [3.63, 3.8) is 0 Å². The molecule has 174 valence electrons. The zero-order valence-corrected chi connectivity index (χ0v) is 19.3. The highest BCUT2D eigenvalue weighted by Gasteiger charge is 2.25. The molecule has 6 nitrogen and oxygen atoms in total. The summed E-state index contributed by atoms with van der Waals surface area (Å²) < 4.78 is 0. The van der Waals surface area contributed by atoms with E-state index in [1.54, 1.807) is 18.2 Å². The number of piperidine rings is 1. The lowest BCUT2D eigenvalue weighted by Crippen LogP contribution is -2.38. The van der Waals surface area contributed by atoms with Gasteiger partial charge in [0.25, 0.3) is 5.91 Å². The van der Waals surface area contributed by atoms with E-state index >= 15 is 0 Å². The highest BCUT2D eigenvalue weighted by atomic mass is 16.4. The Bertz CT molecular complexity index is 1170. The molecule has 1 aliphatic heterocycles. The van der Waals surface area contributed by atoms with Crippen molar-refractivity contribution in [2.75, 3.05) is 13.1 Å². The van der Waals surface area contributed by atoms with Crippen LogP contribution in [-0.2, 0) is 11.3 Å². The fourth-order valence-corrected chi connectivity index (χ4v) is 4.49. The minimum atomic E-state index is -1.53. The largest absolute Gasteiger partial charge is 0.488 e. The van der Waals surface area contributed by atoms with E-state index in [-0.39, 0.29) is 11.8 Å². The summed E-state index contributed by atoms with van der Waals surface area (Å²) in [6.45, 7) is 3.42. The molecule has 7 heteroatoms. The maximum absolute atomic E-state index is 13.2. The molecule has 34 heavy (non-hydrogen) atoms. The summed E-state index contributed by atoms with van der Waals surface area (Å²) in [7, 11) is -1.53. The third-order valence-corrected chi connectivity index (χ3v) is 6.37. The van der Waals surface area contributed by atoms with Gasteiger partial charge in [-0.2, -0.15) is 0 Å². The van der Waals surface area contributed by atoms with Gasteiger partial charge in [-0.05, 0) is 58.6 Å². The van der Waals surface area contributed by atoms with Gasteiger partial charge < -0.3 is 20.3 Å². The molecule has 0 atom stereocenters. The highest BCUT2D eigenvalue weighted by molar-refractivity contribution is 6.58. The first kappa shape index (κ1) is 23.7. The van der Waals surface area contributed by atoms with E-state index in [2.05, 4.69) is 17.4 Å². The van der Waals surface area contributed by atoms with Gasteiger partial charge in [-0.3, -0.25) is 9.59 Å². The molecule has 1 saturated heterocycles. The van der Waals surface area contributed by atoms with Crippen molar-refractivity contribution in [1.29, 1.82) is 0 Å². The first-order valence-corrected chi connectivity index (χ1v) is 11.6. The second-order valence-electron chi connectivity index (χ2n) is 8.80. The number of amides is 2. The van der Waals surface area contributed by atoms with Crippen LogP contribution in [0.15, 0.2) is 72.8 Å². The molecule has 1 aliphatic rings. The average molecular weight is 456 g/mol. The van der Waals surface area contributed by atoms with Crippen LogP contribution in [0.2, 0.25) is 0 Å². The number of rotatable bonds is 6. The third-order valence-electron chi connectivity index (χ3n) is 6.37. The van der Waals surface area contributed by atoms with Crippen molar-refractivity contribution >= 4 is 24.4 Å². The Morgan fingerprint density at radius 1 is 0.941 bits per heavy atom. The van der Waals surface area contributed by atoms with Gasteiger partial charge in [0.05, 0.1) is 0 Å². The van der Waals surface area contributed by atoms with Crippen LogP contribution < -0.4 is 10.8 Å². The van der Waals surface area contributed by atoms with Crippen molar-refractivity contribution in [2.45, 2.75) is 32.2 Å². The lowest BCUT2D eigenvalue weighted by atomic mass is 9.79. The normalized spacial score (nSPS) is 14.0. The second kappa shape index (κ2) is 10.7. The van der Waals surface area contributed by atoms with Gasteiger partial charge in [0.2, 0.25) is 5.91 Å². The molecular weight excluding hydrogens is 427 g/mol. The predicted octanol–water partition coefficient (Wildman–Crippen LogP) is 2.69. The molecule has 0 unspecified atom stereocenters. The number of likely N-dealkylation sites (tertiary alicyclic amines) is 1. The van der Waals surface area contributed by atoms with Crippen LogP contribution in [0.3, 0.4) is 0 Å². The Hall–Kier alpha value is -3.42. The topological polar surface area (TPSA) is 89.9 Å². The molecule has 3 aromatic rings. The molecule has 0 saturated carbocycles. The molecule has 0 aromatic heterocycles. The van der Waals surface area contributed by atoms with Crippen molar-refractivity contribution in [1.82, 2.24) is 10.2 Å². The summed E-state index contributed by atoms with van der Waals surface area (Å²) in [6, 6.07) is 22.8. The van der Waals surface area contributed by atoms with Crippen LogP contribution in [0.4, 0.5) is 0 Å². The Morgan fingerprint density at radius 2 is 1.62 bits per heavy atom. The Balaban J connectivity index is 1.41. The molecule has 1 heterocycles. The summed E-state index contributed by atoms with van der Waals surface area (Å²) >= 11 is 0. The van der Waals surface area contributed by atoms with Crippen molar-refractivity contribution in [3.8, 4) is 11.1 Å². The van der Waals surface area contributed by atoms with Gasteiger partial charge in [0, 0.05) is 32.1 Å². The van der Waals surface area contributed by atoms with Crippen LogP contribution in [0, 0.1) is 0 Å². The number of nitrogens with zero attached hydrogens (tertiary/aromatic N) is 1. The van der Waals surface area contributed by atoms with E-state index < -0.39 is 7.12 Å². The quantitative estimate of drug-likeness (QED) is 0.498. The monoisotopic (exact) mass is 456 g/mol. The molecule has 0 bridgehead atoms. The van der Waals surface area contributed by atoms with Crippen LogP contribution in [0.5, 0.6) is 0 Å². The predicted molar refractivity (Wildman–Crippen MR) is 134 cm³/mol. The minimum Gasteiger partial charge on any atom is -0.423 e. The highest BCUT2D eigenvalue weighted by Crippen LogP contribution is 2.30. The van der Waals surface area contributed by atoms with E-state index in [1.807, 2.05) is 47.4 Å². The van der Waals surface area contributed by atoms with Gasteiger partial charge in [-0.25, -0.2) is 0 Å². The van der Waals surface area contributed by atoms with Crippen molar-refractivity contribution in [2.24, 2.45) is 0 Å². The number of benzene rings is 3. The molecular formula is C27H29BN2O4. The van der Waals surface area contributed by atoms with Gasteiger partial charge in [-0.15, -0.1) is 0 Å². The minimum absolute atomic E-state index is 0.0121. The molecule has 3 N–H and O–H groups in total. The van der Waals surface area contributed by atoms with Gasteiger partial charge >= 0.3 is 7.12 Å². The maximum Gasteiger partial charge on any atom is 0.488 e. The maximum atomic E-state index is 13.2. The summed E-state index contributed by atoms with van der Waals surface area (Å²) in [5.74, 6) is 0.360. The van der Waals surface area contributed by atoms with Crippen LogP contribution in [0.25, 0.3) is 11.1 Å². The zero-order chi connectivity index (χ0) is 24.1. The van der Waals surface area contributed by atoms with E-state index in [0.717, 1.165) is 29.5 Å². The molecule has 1 fully saturated rings. The van der Waals surface area contributed by atoms with E-state index in [1.165, 1.54) is 12.5 Å². The number of hydrogen-bond acceptors (Lipinski definition) is 4. The molecule has 2 amide bonds. The first-order chi connectivity index (χ1) is 16.4. The molecule has 4 rings (SSSR count). The van der Waals surface area contributed by atoms with Crippen molar-refractivity contribution < 1.29 is 19.6 Å². The molecule has 0 radical (unpaired) electrons. The lowest BCUT2D eigenvalue weighted by Gasteiger charge is -2.32. The van der Waals surface area contributed by atoms with E-state index in [4.69, 9.17) is 0 Å². The molecule has 3 aromatic carbocycles. The lowest BCUT2D eigenvalue weighted by molar-refractivity contribution is -0.119. The average Bonchev–Trinajstić information content (AvgIpc) is 2.87. The summed E-state index contributed by atoms with van der Waals surface area (Å²) in [6.07, 6.45) is 1.79. The van der Waals surface area contributed by atoms with Gasteiger partial charge in [0.15, 0.2) is 0 Å². The Kier molecular flexibility index (Phi) is 7.45. The second-order valence-corrected chi connectivity index (χ2v) is 8.80. The van der Waals surface area contributed by atoms with Crippen molar-refractivity contribution in [3.05, 3.63) is 89.5 Å². The Labute approximate surface area is 200 Å². The van der Waals surface area contributed by atoms with Gasteiger partial charge in [-0.1, -0.05) is 60.7 Å². The molecule has 0 aliphatic carbocycles. The van der Waals surface area contributed by atoms with Crippen LogP contribution in [-0.4, -0.2) is 47.0 Å². The number of nitrogens with one attached hydrogen (secondary N) is 1. The fraction of sp³-hybridized carbons (Fsp3) is 0.259. The smallest absolute Gasteiger partial charge is 0.423 e. The van der Waals surface area contributed by atoms with E-state index in [0.29, 0.717) is 36.6 Å². The summed E-state index contributed by atoms with van der Waals surface area (Å²) in [4.78, 5) is 26.3. The number of hydrogen-bond donors (Lipinski definition) is 3. The third kappa shape index (κ3) is 5.73. The molecule has 0 spiro atoms. The number of carbonyl (C=O) groups is 2. The first-order valence-electron chi connectivity index (χ1n) is 11.6. The van der Waals surface area contributed by atoms with Crippen LogP contribution >= 0.6 is 0 Å². The number of carbonyl (C=O) groups excluding carboxylic acids is 2. The Morgan fingerprint density at radius 3 is 2.32 bits per heavy atom. The fourth-order valence-electron chi connectivity index (χ4n) is 4.49. The standard InChI is InChI=1S/C27H29BN2O4/c1-19(31)29-18-20-5-2-6-22(15-20)21-11-13-30(14-12-21)27(32)25-9-3-7-23(16-25)24-8-4-10-26(17-24)28(33)34/h2-10,15-17,21,33-34H,11-14,18H2,1H3,(H,29,31). The van der Waals surface area contributed by atoms with Crippen LogP contribution in [0.1, 0.15) is 47.2 Å². The van der Waals surface area contributed by atoms with E-state index in [9.17, 15) is 19.6 Å².